The standard InChI is InChI=1S/C12H20N4OS/c1-7(2)10-11(18-15-14-10)12(17)16-6-9(5-13)4-8(16)3/h7-9H,4-6,13H2,1-3H3. The number of carbonyl (C=O) groups is 1. The number of likely N-dealkylation sites (tertiary alicyclic amines) is 1. The molecule has 6 heteroatoms. The molecule has 2 atom stereocenters. The Hall–Kier alpha value is -1.01. The summed E-state index contributed by atoms with van der Waals surface area (Å²) in [6.45, 7) is 7.54. The van der Waals surface area contributed by atoms with E-state index in [4.69, 9.17) is 5.73 Å². The fourth-order valence-electron chi connectivity index (χ4n) is 2.45. The summed E-state index contributed by atoms with van der Waals surface area (Å²) in [5, 5.41) is 4.07. The molecule has 1 aromatic rings. The average molecular weight is 268 g/mol. The van der Waals surface area contributed by atoms with E-state index in [1.807, 2.05) is 18.7 Å². The van der Waals surface area contributed by atoms with Crippen LogP contribution in [0.3, 0.4) is 0 Å². The second kappa shape index (κ2) is 5.32. The minimum absolute atomic E-state index is 0.0668. The van der Waals surface area contributed by atoms with Crippen molar-refractivity contribution in [1.29, 1.82) is 0 Å². The predicted octanol–water partition coefficient (Wildman–Crippen LogP) is 1.47. The lowest BCUT2D eigenvalue weighted by atomic mass is 10.1. The molecule has 1 saturated heterocycles. The molecule has 5 nitrogen and oxygen atoms in total. The SMILES string of the molecule is CC(C)c1nnsc1C(=O)N1CC(CN)CC1C. The average Bonchev–Trinajstić information content (AvgIpc) is 2.94. The van der Waals surface area contributed by atoms with Crippen molar-refractivity contribution >= 4 is 17.4 Å². The summed E-state index contributed by atoms with van der Waals surface area (Å²) < 4.78 is 3.92. The number of hydrogen-bond donors (Lipinski definition) is 1. The zero-order valence-corrected chi connectivity index (χ0v) is 11.9. The summed E-state index contributed by atoms with van der Waals surface area (Å²) in [4.78, 5) is 15.1. The van der Waals surface area contributed by atoms with Gasteiger partial charge in [0.15, 0.2) is 0 Å². The van der Waals surface area contributed by atoms with Crippen LogP contribution >= 0.6 is 11.5 Å². The first-order valence-electron chi connectivity index (χ1n) is 6.37. The number of nitrogens with two attached hydrogens (primary N) is 1. The molecule has 0 aliphatic carbocycles. The molecule has 0 aromatic carbocycles. The minimum Gasteiger partial charge on any atom is -0.335 e. The summed E-state index contributed by atoms with van der Waals surface area (Å²) in [5.74, 6) is 0.718. The van der Waals surface area contributed by atoms with Crippen molar-refractivity contribution in [3.8, 4) is 0 Å². The summed E-state index contributed by atoms with van der Waals surface area (Å²) in [6, 6.07) is 0.258. The minimum atomic E-state index is 0.0668. The Morgan fingerprint density at radius 1 is 1.61 bits per heavy atom. The first-order chi connectivity index (χ1) is 8.54. The van der Waals surface area contributed by atoms with Crippen molar-refractivity contribution in [2.45, 2.75) is 39.2 Å². The van der Waals surface area contributed by atoms with Crippen LogP contribution in [0.25, 0.3) is 0 Å². The number of hydrogen-bond acceptors (Lipinski definition) is 5. The molecular weight excluding hydrogens is 248 g/mol. The van der Waals surface area contributed by atoms with Crippen LogP contribution in [0.15, 0.2) is 0 Å². The topological polar surface area (TPSA) is 72.1 Å². The molecule has 1 aliphatic rings. The Kier molecular flexibility index (Phi) is 3.97. The van der Waals surface area contributed by atoms with Gasteiger partial charge in [-0.25, -0.2) is 0 Å². The molecule has 2 unspecified atom stereocenters. The number of aromatic nitrogens is 2. The van der Waals surface area contributed by atoms with E-state index in [-0.39, 0.29) is 17.9 Å². The monoisotopic (exact) mass is 268 g/mol. The van der Waals surface area contributed by atoms with Crippen LogP contribution in [0.1, 0.15) is 48.5 Å². The molecule has 0 spiro atoms. The predicted molar refractivity (Wildman–Crippen MR) is 71.7 cm³/mol. The van der Waals surface area contributed by atoms with Crippen LogP contribution in [0.5, 0.6) is 0 Å². The van der Waals surface area contributed by atoms with Crippen molar-refractivity contribution in [2.75, 3.05) is 13.1 Å². The first-order valence-corrected chi connectivity index (χ1v) is 7.15. The molecule has 0 saturated carbocycles. The smallest absolute Gasteiger partial charge is 0.267 e. The van der Waals surface area contributed by atoms with Gasteiger partial charge in [0.25, 0.3) is 5.91 Å². The van der Waals surface area contributed by atoms with Gasteiger partial charge in [-0.2, -0.15) is 0 Å². The van der Waals surface area contributed by atoms with E-state index in [9.17, 15) is 4.79 Å². The third-order valence-electron chi connectivity index (χ3n) is 3.51. The number of nitrogens with zero attached hydrogens (tertiary/aromatic N) is 3. The van der Waals surface area contributed by atoms with Gasteiger partial charge in [0.05, 0.1) is 5.69 Å². The first kappa shape index (κ1) is 13.4. The zero-order chi connectivity index (χ0) is 13.3. The highest BCUT2D eigenvalue weighted by Gasteiger charge is 2.34. The molecule has 18 heavy (non-hydrogen) atoms. The van der Waals surface area contributed by atoms with Gasteiger partial charge in [-0.1, -0.05) is 18.3 Å². The Bertz CT molecular complexity index is 431. The Morgan fingerprint density at radius 2 is 2.33 bits per heavy atom. The van der Waals surface area contributed by atoms with Crippen molar-refractivity contribution in [2.24, 2.45) is 11.7 Å². The molecule has 2 N–H and O–H groups in total. The van der Waals surface area contributed by atoms with Gasteiger partial charge in [0.2, 0.25) is 0 Å². The lowest BCUT2D eigenvalue weighted by molar-refractivity contribution is 0.0746. The molecule has 1 fully saturated rings. The van der Waals surface area contributed by atoms with Crippen molar-refractivity contribution in [3.63, 3.8) is 0 Å². The third-order valence-corrected chi connectivity index (χ3v) is 4.24. The van der Waals surface area contributed by atoms with Crippen LogP contribution in [-0.2, 0) is 0 Å². The molecule has 2 rings (SSSR count). The molecule has 0 bridgehead atoms. The van der Waals surface area contributed by atoms with E-state index in [0.717, 1.165) is 18.7 Å². The van der Waals surface area contributed by atoms with Crippen molar-refractivity contribution in [3.05, 3.63) is 10.6 Å². The van der Waals surface area contributed by atoms with Gasteiger partial charge in [0.1, 0.15) is 4.88 Å². The maximum absolute atomic E-state index is 12.5. The molecular formula is C12H20N4OS. The van der Waals surface area contributed by atoms with Crippen LogP contribution in [0, 0.1) is 5.92 Å². The molecule has 2 heterocycles. The Labute approximate surface area is 112 Å². The van der Waals surface area contributed by atoms with Gasteiger partial charge < -0.3 is 10.6 Å². The molecule has 1 aliphatic heterocycles. The number of carbonyl (C=O) groups excluding carboxylic acids is 1. The van der Waals surface area contributed by atoms with E-state index in [1.54, 1.807) is 0 Å². The second-order valence-corrected chi connectivity index (χ2v) is 6.04. The Balaban J connectivity index is 2.19. The van der Waals surface area contributed by atoms with Gasteiger partial charge in [0, 0.05) is 12.6 Å². The van der Waals surface area contributed by atoms with Gasteiger partial charge >= 0.3 is 0 Å². The summed E-state index contributed by atoms with van der Waals surface area (Å²) in [7, 11) is 0. The zero-order valence-electron chi connectivity index (χ0n) is 11.1. The van der Waals surface area contributed by atoms with Gasteiger partial charge in [-0.3, -0.25) is 4.79 Å². The van der Waals surface area contributed by atoms with E-state index >= 15 is 0 Å². The fourth-order valence-corrected chi connectivity index (χ4v) is 3.23. The van der Waals surface area contributed by atoms with Crippen LogP contribution in [-0.4, -0.2) is 39.5 Å². The molecule has 1 amide bonds. The van der Waals surface area contributed by atoms with Crippen LogP contribution in [0.2, 0.25) is 0 Å². The molecule has 1 aromatic heterocycles. The van der Waals surface area contributed by atoms with E-state index in [1.165, 1.54) is 11.5 Å². The second-order valence-electron chi connectivity index (χ2n) is 5.29. The van der Waals surface area contributed by atoms with E-state index in [2.05, 4.69) is 16.5 Å². The van der Waals surface area contributed by atoms with Crippen molar-refractivity contribution in [1.82, 2.24) is 14.5 Å². The highest BCUT2D eigenvalue weighted by molar-refractivity contribution is 7.08. The fraction of sp³-hybridized carbons (Fsp3) is 0.750. The van der Waals surface area contributed by atoms with Crippen LogP contribution in [0.4, 0.5) is 0 Å². The lowest BCUT2D eigenvalue weighted by Gasteiger charge is -2.21. The van der Waals surface area contributed by atoms with Gasteiger partial charge in [-0.05, 0) is 43.3 Å². The lowest BCUT2D eigenvalue weighted by Crippen LogP contribution is -2.34. The summed E-state index contributed by atoms with van der Waals surface area (Å²) >= 11 is 1.20. The largest absolute Gasteiger partial charge is 0.335 e. The number of amides is 1. The summed E-state index contributed by atoms with van der Waals surface area (Å²) in [6.07, 6.45) is 0.992. The molecule has 0 radical (unpaired) electrons. The van der Waals surface area contributed by atoms with Gasteiger partial charge in [-0.15, -0.1) is 5.10 Å². The molecule has 100 valence electrons. The van der Waals surface area contributed by atoms with Crippen molar-refractivity contribution < 1.29 is 4.79 Å². The maximum atomic E-state index is 12.5. The van der Waals surface area contributed by atoms with E-state index < -0.39 is 0 Å². The maximum Gasteiger partial charge on any atom is 0.267 e. The quantitative estimate of drug-likeness (QED) is 0.901. The van der Waals surface area contributed by atoms with E-state index in [0.29, 0.717) is 17.3 Å². The summed E-state index contributed by atoms with van der Waals surface area (Å²) in [5.41, 5.74) is 6.51. The Morgan fingerprint density at radius 3 is 2.89 bits per heavy atom. The highest BCUT2D eigenvalue weighted by Crippen LogP contribution is 2.27. The number of rotatable bonds is 3. The highest BCUT2D eigenvalue weighted by atomic mass is 32.1. The normalized spacial score (nSPS) is 23.9. The third kappa shape index (κ3) is 2.40. The van der Waals surface area contributed by atoms with Crippen LogP contribution < -0.4 is 5.73 Å².